The number of carboxylic acid groups (broad SMARTS) is 2. The number of ether oxygens (including phenoxy) is 3. The number of carbonyl (C=O) groups excluding carboxylic acids is 6. The number of aliphatic hydroxyl groups excluding tert-OH is 3. The molecule has 0 aliphatic carbocycles. The first-order chi connectivity index (χ1) is 42.3. The van der Waals surface area contributed by atoms with Gasteiger partial charge in [-0.25, -0.2) is 14.4 Å². The molecule has 0 spiro atoms. The van der Waals surface area contributed by atoms with Crippen molar-refractivity contribution in [1.29, 1.82) is 0 Å². The minimum atomic E-state index is -2.01. The normalized spacial score (nSPS) is 17.8. The number of likely N-dealkylation sites (N-methyl/N-ethyl adjacent to an activating group) is 2. The number of carboxylic acids is 2. The van der Waals surface area contributed by atoms with Gasteiger partial charge in [0.1, 0.15) is 36.7 Å². The Morgan fingerprint density at radius 1 is 0.778 bits per heavy atom. The third-order valence-electron chi connectivity index (χ3n) is 15.8. The van der Waals surface area contributed by atoms with E-state index in [0.717, 1.165) is 22.4 Å². The highest BCUT2D eigenvalue weighted by Crippen LogP contribution is 2.36. The Kier molecular flexibility index (Phi) is 25.9. The minimum Gasteiger partial charge on any atom is -0.479 e. The summed E-state index contributed by atoms with van der Waals surface area (Å²) in [6.45, 7) is 21.6. The lowest BCUT2D eigenvalue weighted by atomic mass is 9.76. The summed E-state index contributed by atoms with van der Waals surface area (Å²) >= 11 is 0. The molecule has 1 aliphatic rings. The maximum Gasteiger partial charge on any atom is 0.411 e. The Labute approximate surface area is 526 Å². The van der Waals surface area contributed by atoms with Crippen LogP contribution in [0.2, 0.25) is 0 Å². The van der Waals surface area contributed by atoms with Gasteiger partial charge in [0, 0.05) is 49.5 Å². The first kappa shape index (κ1) is 72.3. The van der Waals surface area contributed by atoms with Gasteiger partial charge in [0.05, 0.1) is 30.0 Å². The first-order valence-corrected chi connectivity index (χ1v) is 29.9. The smallest absolute Gasteiger partial charge is 0.411 e. The van der Waals surface area contributed by atoms with Crippen molar-refractivity contribution in [3.05, 3.63) is 137 Å². The van der Waals surface area contributed by atoms with Crippen LogP contribution in [0.15, 0.2) is 103 Å². The fourth-order valence-electron chi connectivity index (χ4n) is 10.5. The van der Waals surface area contributed by atoms with E-state index in [0.29, 0.717) is 36.2 Å². The number of benzene rings is 4. The van der Waals surface area contributed by atoms with E-state index in [9.17, 15) is 63.9 Å². The summed E-state index contributed by atoms with van der Waals surface area (Å²) in [5.74, 6) is -5.06. The molecule has 5 rings (SSSR count). The van der Waals surface area contributed by atoms with Crippen molar-refractivity contribution in [2.24, 2.45) is 11.3 Å². The molecule has 0 radical (unpaired) electrons. The molecule has 0 bridgehead atoms. The van der Waals surface area contributed by atoms with Gasteiger partial charge < -0.3 is 70.8 Å². The molecule has 90 heavy (non-hydrogen) atoms. The highest BCUT2D eigenvalue weighted by atomic mass is 16.7. The van der Waals surface area contributed by atoms with E-state index in [1.54, 1.807) is 49.3 Å². The van der Waals surface area contributed by atoms with Gasteiger partial charge in [0.25, 0.3) is 0 Å². The van der Waals surface area contributed by atoms with Crippen molar-refractivity contribution in [2.45, 2.75) is 169 Å². The molecular formula is C67H89N7O16. The average molecular weight is 1250 g/mol. The molecule has 4 aromatic rings. The number of rotatable bonds is 29. The van der Waals surface area contributed by atoms with Crippen LogP contribution in [0.25, 0.3) is 6.08 Å². The number of unbranched alkanes of at least 4 members (excludes halogenated alkanes) is 1. The first-order valence-electron chi connectivity index (χ1n) is 29.9. The third-order valence-corrected chi connectivity index (χ3v) is 15.8. The second-order valence-electron chi connectivity index (χ2n) is 24.5. The predicted octanol–water partition coefficient (Wildman–Crippen LogP) is 7.12. The lowest BCUT2D eigenvalue weighted by Crippen LogP contribution is -2.61. The summed E-state index contributed by atoms with van der Waals surface area (Å²) in [5.41, 5.74) is 3.30. The van der Waals surface area contributed by atoms with Crippen LogP contribution < -0.4 is 36.2 Å². The molecule has 488 valence electrons. The molecule has 4 aromatic carbocycles. The Hall–Kier alpha value is -8.48. The summed E-state index contributed by atoms with van der Waals surface area (Å²) in [6.07, 6.45) is -6.73. The Balaban J connectivity index is 1.25. The molecule has 1 fully saturated rings. The SMILES string of the molecule is C=Cc1ccccc1N(Cc1ccccc1C)C(=O)CCCCC(=O)NCCC(=O)Nc1cc(COC(=O)Nc2cccc(C(C)(C)[C@H](NC)C(=O)N[C@H](C(=O)N(C)[C@H](/C=C(\C)C(=O)O)C(C)C)C(C)(C)C)c2)cc(C)c1OC1OC(C(=O)O)C(O)C(O)C1O. The van der Waals surface area contributed by atoms with E-state index in [-0.39, 0.29) is 72.7 Å². The van der Waals surface area contributed by atoms with Gasteiger partial charge in [-0.3, -0.25) is 29.3 Å². The standard InChI is InChI=1S/C67H89N7O16/c1-14-43-23-17-18-27-48(43)74(36-44-24-16-15-22-39(44)4)52(77)29-20-19-28-50(75)69-31-30-51(76)71-47-34-42(32-40(5)56(47)89-64-55(80)53(78)54(79)57(90-64)63(85)86)37-88-65(87)70-46-26-21-25-45(35-46)67(10,11)58(68-12)60(81)72-59(66(7,8)9)61(82)73(13)49(38(2)3)33-41(6)62(83)84/h14-18,21-27,32-35,38,49,53-55,57-59,64,68,78-80H,1,19-20,28-31,36-37H2,2-13H3,(H,69,75)(H,70,87)(H,71,76)(H,72,81)(H,83,84)(H,85,86)/b41-33+/t49-,53?,54?,55?,57?,58-,59-,64?/m1/s1. The third kappa shape index (κ3) is 19.3. The van der Waals surface area contributed by atoms with Crippen molar-refractivity contribution in [3.63, 3.8) is 0 Å². The number of aliphatic carboxylic acids is 2. The fourth-order valence-corrected chi connectivity index (χ4v) is 10.5. The molecule has 0 saturated carbocycles. The van der Waals surface area contributed by atoms with Gasteiger partial charge in [0.15, 0.2) is 6.10 Å². The number of nitrogens with one attached hydrogen (secondary N) is 5. The number of amides is 6. The number of aliphatic hydroxyl groups is 3. The van der Waals surface area contributed by atoms with Crippen LogP contribution in [0.1, 0.15) is 121 Å². The number of anilines is 3. The van der Waals surface area contributed by atoms with Crippen LogP contribution in [0.5, 0.6) is 5.75 Å². The molecule has 23 heteroatoms. The Morgan fingerprint density at radius 3 is 2.08 bits per heavy atom. The van der Waals surface area contributed by atoms with Crippen LogP contribution in [-0.2, 0) is 61.6 Å². The largest absolute Gasteiger partial charge is 0.479 e. The second kappa shape index (κ2) is 32.3. The van der Waals surface area contributed by atoms with E-state index in [2.05, 4.69) is 33.2 Å². The zero-order valence-electron chi connectivity index (χ0n) is 53.4. The van der Waals surface area contributed by atoms with Crippen LogP contribution >= 0.6 is 0 Å². The number of para-hydroxylation sites is 1. The van der Waals surface area contributed by atoms with Crippen molar-refractivity contribution >= 4 is 70.7 Å². The quantitative estimate of drug-likeness (QED) is 0.0191. The van der Waals surface area contributed by atoms with Gasteiger partial charge in [-0.15, -0.1) is 0 Å². The molecule has 6 amide bonds. The van der Waals surface area contributed by atoms with Crippen molar-refractivity contribution in [3.8, 4) is 5.75 Å². The molecular weight excluding hydrogens is 1160 g/mol. The number of nitrogens with zero attached hydrogens (tertiary/aromatic N) is 2. The predicted molar refractivity (Wildman–Crippen MR) is 340 cm³/mol. The Bertz CT molecular complexity index is 3270. The fraction of sp³-hybridized carbons (Fsp3) is 0.463. The molecule has 1 heterocycles. The van der Waals surface area contributed by atoms with Gasteiger partial charge in [-0.2, -0.15) is 0 Å². The minimum absolute atomic E-state index is 0.0588. The van der Waals surface area contributed by atoms with E-state index < -0.39 is 95.4 Å². The van der Waals surface area contributed by atoms with Crippen molar-refractivity contribution < 1.29 is 78.1 Å². The van der Waals surface area contributed by atoms with E-state index >= 15 is 0 Å². The topological polar surface area (TPSA) is 332 Å². The molecule has 10 N–H and O–H groups in total. The maximum atomic E-state index is 14.3. The average Bonchev–Trinajstić information content (AvgIpc) is 1.16. The van der Waals surface area contributed by atoms with Crippen LogP contribution in [0, 0.1) is 25.2 Å². The van der Waals surface area contributed by atoms with E-state index in [4.69, 9.17) is 14.2 Å². The zero-order valence-corrected chi connectivity index (χ0v) is 53.4. The van der Waals surface area contributed by atoms with E-state index in [1.807, 2.05) is 104 Å². The molecule has 5 unspecified atom stereocenters. The van der Waals surface area contributed by atoms with Crippen LogP contribution in [0.3, 0.4) is 0 Å². The lowest BCUT2D eigenvalue weighted by molar-refractivity contribution is -0.271. The van der Waals surface area contributed by atoms with Gasteiger partial charge in [0.2, 0.25) is 35.8 Å². The summed E-state index contributed by atoms with van der Waals surface area (Å²) in [5, 5.41) is 65.2. The monoisotopic (exact) mass is 1250 g/mol. The van der Waals surface area contributed by atoms with Crippen molar-refractivity contribution in [1.82, 2.24) is 20.9 Å². The van der Waals surface area contributed by atoms with Crippen molar-refractivity contribution in [2.75, 3.05) is 36.2 Å². The summed E-state index contributed by atoms with van der Waals surface area (Å²) in [4.78, 5) is 109. The highest BCUT2D eigenvalue weighted by molar-refractivity contribution is 5.96. The lowest BCUT2D eigenvalue weighted by Gasteiger charge is -2.40. The summed E-state index contributed by atoms with van der Waals surface area (Å²) in [7, 11) is 3.19. The zero-order chi connectivity index (χ0) is 66.9. The van der Waals surface area contributed by atoms with Crippen LogP contribution in [-0.4, -0.2) is 147 Å². The molecule has 23 nitrogen and oxygen atoms in total. The second-order valence-corrected chi connectivity index (χ2v) is 24.5. The molecule has 0 aromatic heterocycles. The van der Waals surface area contributed by atoms with Gasteiger partial charge in [-0.05, 0) is 116 Å². The van der Waals surface area contributed by atoms with Crippen LogP contribution in [0.4, 0.5) is 21.9 Å². The molecule has 8 atom stereocenters. The summed E-state index contributed by atoms with van der Waals surface area (Å²) < 4.78 is 17.0. The number of aryl methyl sites for hydroxylation is 2. The Morgan fingerprint density at radius 2 is 1.44 bits per heavy atom. The van der Waals surface area contributed by atoms with Gasteiger partial charge in [-0.1, -0.05) is 122 Å². The van der Waals surface area contributed by atoms with Gasteiger partial charge >= 0.3 is 18.0 Å². The van der Waals surface area contributed by atoms with E-state index in [1.165, 1.54) is 37.0 Å². The number of hydrogen-bond acceptors (Lipinski definition) is 15. The summed E-state index contributed by atoms with van der Waals surface area (Å²) in [6, 6.07) is 22.4. The highest BCUT2D eigenvalue weighted by Gasteiger charge is 2.49. The number of hydrogen-bond donors (Lipinski definition) is 10. The molecule has 1 saturated heterocycles. The molecule has 1 aliphatic heterocycles. The number of carbonyl (C=O) groups is 8. The maximum absolute atomic E-state index is 14.3.